The van der Waals surface area contributed by atoms with Crippen LogP contribution in [0.3, 0.4) is 0 Å². The number of carbonyl (C=O) groups is 2. The van der Waals surface area contributed by atoms with Crippen molar-refractivity contribution in [2.45, 2.75) is 64.6 Å². The molecule has 3 atom stereocenters. The summed E-state index contributed by atoms with van der Waals surface area (Å²) < 4.78 is 51.4. The maximum Gasteiger partial charge on any atom is 0.338 e. The van der Waals surface area contributed by atoms with Crippen LogP contribution in [0, 0.1) is 18.2 Å². The zero-order valence-corrected chi connectivity index (χ0v) is 25.4. The molecule has 0 bridgehead atoms. The molecule has 1 aromatic heterocycles. The zero-order chi connectivity index (χ0) is 31.1. The molecule has 2 saturated heterocycles. The molecular weight excluding hydrogens is 583 g/mol. The van der Waals surface area contributed by atoms with Gasteiger partial charge in [0.05, 0.1) is 30.2 Å². The van der Waals surface area contributed by atoms with Gasteiger partial charge in [0, 0.05) is 36.4 Å². The Bertz CT molecular complexity index is 1450. The molecule has 3 aliphatic rings. The Kier molecular flexibility index (Phi) is 8.70. The SMILES string of the molecule is CCOC(=O)C1=C(CN2CC(F)(F)C3C2CCN3CCC(C)(C)C(=O)O)NC(c2nccs2)=N[C@H]1c1cccc(F)c1C. The fourth-order valence-electron chi connectivity index (χ4n) is 6.17. The van der Waals surface area contributed by atoms with E-state index in [2.05, 4.69) is 10.3 Å². The second-order valence-electron chi connectivity index (χ2n) is 11.9. The number of hydrogen-bond acceptors (Lipinski definition) is 9. The van der Waals surface area contributed by atoms with E-state index in [0.29, 0.717) is 40.6 Å². The monoisotopic (exact) mass is 619 g/mol. The average molecular weight is 620 g/mol. The van der Waals surface area contributed by atoms with Crippen molar-refractivity contribution in [3.05, 3.63) is 63.0 Å². The fourth-order valence-corrected chi connectivity index (χ4v) is 6.76. The Morgan fingerprint density at radius 1 is 1.28 bits per heavy atom. The molecule has 13 heteroatoms. The van der Waals surface area contributed by atoms with Crippen LogP contribution < -0.4 is 5.32 Å². The van der Waals surface area contributed by atoms with Crippen molar-refractivity contribution < 1.29 is 32.6 Å². The van der Waals surface area contributed by atoms with E-state index in [-0.39, 0.29) is 31.7 Å². The Morgan fingerprint density at radius 2 is 2.05 bits per heavy atom. The molecule has 43 heavy (non-hydrogen) atoms. The number of fused-ring (bicyclic) bond motifs is 1. The molecule has 2 fully saturated rings. The number of aliphatic imine (C=N–C) groups is 1. The van der Waals surface area contributed by atoms with Gasteiger partial charge in [-0.05, 0) is 64.3 Å². The van der Waals surface area contributed by atoms with Gasteiger partial charge in [0.2, 0.25) is 0 Å². The van der Waals surface area contributed by atoms with Gasteiger partial charge in [0.15, 0.2) is 10.8 Å². The normalized spacial score (nSPS) is 24.1. The second-order valence-corrected chi connectivity index (χ2v) is 12.7. The Morgan fingerprint density at radius 3 is 2.72 bits per heavy atom. The highest BCUT2D eigenvalue weighted by atomic mass is 32.1. The molecular formula is C30H36F3N5O4S. The minimum absolute atomic E-state index is 0.0192. The van der Waals surface area contributed by atoms with Crippen LogP contribution >= 0.6 is 11.3 Å². The number of nitrogens with zero attached hydrogens (tertiary/aromatic N) is 4. The van der Waals surface area contributed by atoms with Gasteiger partial charge >= 0.3 is 11.9 Å². The number of halogens is 3. The lowest BCUT2D eigenvalue weighted by atomic mass is 9.89. The predicted octanol–water partition coefficient (Wildman–Crippen LogP) is 4.39. The lowest BCUT2D eigenvalue weighted by Crippen LogP contribution is -2.46. The molecule has 0 saturated carbocycles. The van der Waals surface area contributed by atoms with E-state index in [4.69, 9.17) is 9.73 Å². The number of hydrogen-bond donors (Lipinski definition) is 2. The van der Waals surface area contributed by atoms with Crippen LogP contribution in [0.25, 0.3) is 0 Å². The van der Waals surface area contributed by atoms with E-state index in [9.17, 15) is 19.1 Å². The molecule has 0 spiro atoms. The average Bonchev–Trinajstić information content (AvgIpc) is 3.68. The number of ether oxygens (including phenoxy) is 1. The number of carbonyl (C=O) groups excluding carboxylic acids is 1. The van der Waals surface area contributed by atoms with Gasteiger partial charge < -0.3 is 15.2 Å². The summed E-state index contributed by atoms with van der Waals surface area (Å²) in [6, 6.07) is 2.03. The first-order valence-electron chi connectivity index (χ1n) is 14.3. The van der Waals surface area contributed by atoms with Crippen molar-refractivity contribution in [2.75, 3.05) is 32.8 Å². The third-order valence-electron chi connectivity index (χ3n) is 8.61. The van der Waals surface area contributed by atoms with Gasteiger partial charge in [0.25, 0.3) is 5.92 Å². The van der Waals surface area contributed by atoms with Crippen molar-refractivity contribution >= 4 is 29.1 Å². The largest absolute Gasteiger partial charge is 0.481 e. The van der Waals surface area contributed by atoms with Crippen LogP contribution in [0.2, 0.25) is 0 Å². The van der Waals surface area contributed by atoms with E-state index >= 15 is 8.78 Å². The predicted molar refractivity (Wildman–Crippen MR) is 156 cm³/mol. The van der Waals surface area contributed by atoms with E-state index in [1.54, 1.807) is 61.2 Å². The molecule has 232 valence electrons. The first-order chi connectivity index (χ1) is 20.3. The zero-order valence-electron chi connectivity index (χ0n) is 24.6. The summed E-state index contributed by atoms with van der Waals surface area (Å²) in [5.74, 6) is -4.78. The number of aliphatic carboxylic acids is 1. The molecule has 1 aromatic carbocycles. The van der Waals surface area contributed by atoms with Crippen LogP contribution in [-0.4, -0.2) is 88.5 Å². The van der Waals surface area contributed by atoms with Gasteiger partial charge in [-0.2, -0.15) is 0 Å². The van der Waals surface area contributed by atoms with Crippen molar-refractivity contribution in [3.8, 4) is 0 Å². The van der Waals surface area contributed by atoms with E-state index in [0.717, 1.165) is 0 Å². The summed E-state index contributed by atoms with van der Waals surface area (Å²) in [7, 11) is 0. The molecule has 0 radical (unpaired) electrons. The number of likely N-dealkylation sites (tertiary alicyclic amines) is 2. The topological polar surface area (TPSA) is 107 Å². The van der Waals surface area contributed by atoms with Crippen molar-refractivity contribution in [1.29, 1.82) is 0 Å². The lowest BCUT2D eigenvalue weighted by molar-refractivity contribution is -0.147. The third kappa shape index (κ3) is 6.07. The number of esters is 1. The summed E-state index contributed by atoms with van der Waals surface area (Å²) in [4.78, 5) is 37.6. The van der Waals surface area contributed by atoms with Crippen molar-refractivity contribution in [2.24, 2.45) is 10.4 Å². The minimum atomic E-state index is -3.06. The second kappa shape index (κ2) is 12.0. The molecule has 4 heterocycles. The molecule has 2 unspecified atom stereocenters. The Balaban J connectivity index is 1.51. The van der Waals surface area contributed by atoms with Crippen LogP contribution in [0.1, 0.15) is 55.8 Å². The van der Waals surface area contributed by atoms with Gasteiger partial charge in [-0.15, -0.1) is 11.3 Å². The first-order valence-corrected chi connectivity index (χ1v) is 15.2. The number of carboxylic acids is 1. The van der Waals surface area contributed by atoms with Gasteiger partial charge in [-0.25, -0.2) is 22.9 Å². The van der Waals surface area contributed by atoms with Crippen LogP contribution in [-0.2, 0) is 14.3 Å². The number of aromatic nitrogens is 1. The van der Waals surface area contributed by atoms with Crippen molar-refractivity contribution in [1.82, 2.24) is 20.1 Å². The Labute approximate surface area is 252 Å². The highest BCUT2D eigenvalue weighted by Gasteiger charge is 2.59. The number of carboxylic acid groups (broad SMARTS) is 1. The number of nitrogens with one attached hydrogen (secondary N) is 1. The lowest BCUT2D eigenvalue weighted by Gasteiger charge is -2.31. The standard InChI is InChI=1S/C30H36F3N5O4S/c1-5-42-27(39)22-20(35-25(26-34-11-14-43-26)36-23(22)18-7-6-8-19(31)17(18)2)15-38-16-30(32,33)24-21(38)9-12-37(24)13-10-29(3,4)28(40)41/h6-8,11,14,21,23-24H,5,9-10,12-13,15-16H2,1-4H3,(H,35,36)(H,40,41)/t21?,23-,24?/m0/s1. The maximum absolute atomic E-state index is 15.6. The van der Waals surface area contributed by atoms with E-state index in [1.165, 1.54) is 17.4 Å². The molecule has 2 N–H and O–H groups in total. The van der Waals surface area contributed by atoms with Crippen LogP contribution in [0.15, 0.2) is 46.0 Å². The minimum Gasteiger partial charge on any atom is -0.481 e. The van der Waals surface area contributed by atoms with Gasteiger partial charge in [-0.1, -0.05) is 12.1 Å². The third-order valence-corrected chi connectivity index (χ3v) is 9.39. The summed E-state index contributed by atoms with van der Waals surface area (Å²) in [6.45, 7) is 6.65. The summed E-state index contributed by atoms with van der Waals surface area (Å²) in [6.07, 6.45) is 2.32. The Hall–Kier alpha value is -3.29. The molecule has 0 amide bonds. The highest BCUT2D eigenvalue weighted by Crippen LogP contribution is 2.43. The summed E-state index contributed by atoms with van der Waals surface area (Å²) in [5.41, 5.74) is 0.247. The van der Waals surface area contributed by atoms with Crippen LogP contribution in [0.5, 0.6) is 0 Å². The molecule has 9 nitrogen and oxygen atoms in total. The highest BCUT2D eigenvalue weighted by molar-refractivity contribution is 7.11. The quantitative estimate of drug-likeness (QED) is 0.377. The number of alkyl halides is 2. The maximum atomic E-state index is 15.6. The van der Waals surface area contributed by atoms with Gasteiger partial charge in [-0.3, -0.25) is 19.6 Å². The number of benzene rings is 1. The number of amidine groups is 1. The van der Waals surface area contributed by atoms with Crippen molar-refractivity contribution in [3.63, 3.8) is 0 Å². The van der Waals surface area contributed by atoms with E-state index < -0.39 is 53.8 Å². The molecule has 3 aliphatic heterocycles. The van der Waals surface area contributed by atoms with E-state index in [1.807, 2.05) is 0 Å². The molecule has 2 aromatic rings. The molecule has 0 aliphatic carbocycles. The first kappa shape index (κ1) is 31.1. The number of rotatable bonds is 10. The smallest absolute Gasteiger partial charge is 0.338 e. The van der Waals surface area contributed by atoms with Crippen LogP contribution in [0.4, 0.5) is 13.2 Å². The molecule has 5 rings (SSSR count). The fraction of sp³-hybridized carbons (Fsp3) is 0.533. The summed E-state index contributed by atoms with van der Waals surface area (Å²) in [5, 5.41) is 15.0. The number of thiazole rings is 1. The summed E-state index contributed by atoms with van der Waals surface area (Å²) >= 11 is 1.32. The van der Waals surface area contributed by atoms with Gasteiger partial charge in [0.1, 0.15) is 11.9 Å².